The molecule has 0 saturated carbocycles. The highest BCUT2D eigenvalue weighted by molar-refractivity contribution is 7.98. The second-order valence-corrected chi connectivity index (χ2v) is 7.91. The molecule has 0 saturated heterocycles. The van der Waals surface area contributed by atoms with Gasteiger partial charge in [-0.3, -0.25) is 4.98 Å². The Labute approximate surface area is 138 Å². The van der Waals surface area contributed by atoms with Crippen molar-refractivity contribution < 1.29 is 0 Å². The third-order valence-corrected chi connectivity index (χ3v) is 6.38. The van der Waals surface area contributed by atoms with Crippen molar-refractivity contribution in [3.8, 4) is 0 Å². The van der Waals surface area contributed by atoms with Crippen molar-refractivity contribution >= 4 is 33.3 Å². The Kier molecular flexibility index (Phi) is 3.84. The standard InChI is InChI=1S/C17H17N3S2/c1-11-4-5-13-14(7-11)22-17-15(13)16(19-10-20-17)21-9-12-3-2-6-18-8-12/h2-3,6,8,10-11H,4-5,7,9H2,1H3. The van der Waals surface area contributed by atoms with E-state index in [4.69, 9.17) is 0 Å². The summed E-state index contributed by atoms with van der Waals surface area (Å²) < 4.78 is 0. The average molecular weight is 327 g/mol. The normalized spacial score (nSPS) is 17.6. The van der Waals surface area contributed by atoms with Crippen LogP contribution in [-0.4, -0.2) is 15.0 Å². The number of thiophene rings is 1. The van der Waals surface area contributed by atoms with Crippen LogP contribution in [0.25, 0.3) is 10.2 Å². The monoisotopic (exact) mass is 327 g/mol. The van der Waals surface area contributed by atoms with Gasteiger partial charge in [-0.1, -0.05) is 13.0 Å². The predicted octanol–water partition coefficient (Wildman–Crippen LogP) is 4.50. The Morgan fingerprint density at radius 2 is 2.32 bits per heavy atom. The molecule has 3 heterocycles. The minimum Gasteiger partial charge on any atom is -0.264 e. The Balaban J connectivity index is 1.69. The van der Waals surface area contributed by atoms with Crippen LogP contribution in [0.15, 0.2) is 35.9 Å². The van der Waals surface area contributed by atoms with E-state index in [9.17, 15) is 0 Å². The van der Waals surface area contributed by atoms with Crippen LogP contribution in [0.2, 0.25) is 0 Å². The molecule has 0 amide bonds. The van der Waals surface area contributed by atoms with Crippen molar-refractivity contribution in [1.29, 1.82) is 0 Å². The quantitative estimate of drug-likeness (QED) is 0.524. The highest BCUT2D eigenvalue weighted by Gasteiger charge is 2.23. The van der Waals surface area contributed by atoms with Gasteiger partial charge in [0.1, 0.15) is 16.2 Å². The molecule has 4 rings (SSSR count). The van der Waals surface area contributed by atoms with Gasteiger partial charge in [0.05, 0.1) is 0 Å². The smallest absolute Gasteiger partial charge is 0.128 e. The summed E-state index contributed by atoms with van der Waals surface area (Å²) in [7, 11) is 0. The SMILES string of the molecule is CC1CCc2c(sc3ncnc(SCc4cccnc4)c23)C1. The van der Waals surface area contributed by atoms with Gasteiger partial charge in [0.2, 0.25) is 0 Å². The summed E-state index contributed by atoms with van der Waals surface area (Å²) in [6.45, 7) is 2.34. The van der Waals surface area contributed by atoms with Gasteiger partial charge in [0.25, 0.3) is 0 Å². The Hall–Kier alpha value is -1.46. The molecule has 0 aromatic carbocycles. The van der Waals surface area contributed by atoms with Crippen LogP contribution >= 0.6 is 23.1 Å². The third kappa shape index (κ3) is 2.63. The average Bonchev–Trinajstić information content (AvgIpc) is 2.91. The highest BCUT2D eigenvalue weighted by atomic mass is 32.2. The first-order valence-corrected chi connectivity index (χ1v) is 9.38. The number of aromatic nitrogens is 3. The predicted molar refractivity (Wildman–Crippen MR) is 92.4 cm³/mol. The molecule has 0 spiro atoms. The van der Waals surface area contributed by atoms with Gasteiger partial charge in [-0.2, -0.15) is 0 Å². The molecule has 3 aromatic rings. The minimum atomic E-state index is 0.792. The molecule has 0 fully saturated rings. The van der Waals surface area contributed by atoms with E-state index in [-0.39, 0.29) is 0 Å². The summed E-state index contributed by atoms with van der Waals surface area (Å²) in [5.41, 5.74) is 2.74. The molecule has 0 radical (unpaired) electrons. The summed E-state index contributed by atoms with van der Waals surface area (Å²) in [6.07, 6.45) is 9.09. The van der Waals surface area contributed by atoms with Crippen LogP contribution in [0.1, 0.15) is 29.3 Å². The molecule has 5 heteroatoms. The number of aryl methyl sites for hydroxylation is 1. The first-order chi connectivity index (χ1) is 10.8. The van der Waals surface area contributed by atoms with E-state index >= 15 is 0 Å². The topological polar surface area (TPSA) is 38.7 Å². The van der Waals surface area contributed by atoms with E-state index in [1.54, 1.807) is 18.1 Å². The first kappa shape index (κ1) is 14.2. The van der Waals surface area contributed by atoms with Crippen LogP contribution in [-0.2, 0) is 18.6 Å². The van der Waals surface area contributed by atoms with Gasteiger partial charge in [-0.15, -0.1) is 23.1 Å². The van der Waals surface area contributed by atoms with E-state index in [2.05, 4.69) is 27.9 Å². The fourth-order valence-electron chi connectivity index (χ4n) is 2.99. The lowest BCUT2D eigenvalue weighted by Gasteiger charge is -2.18. The fraction of sp³-hybridized carbons (Fsp3) is 0.353. The number of hydrogen-bond donors (Lipinski definition) is 0. The number of hydrogen-bond acceptors (Lipinski definition) is 5. The van der Waals surface area contributed by atoms with Crippen LogP contribution in [0, 0.1) is 5.92 Å². The maximum Gasteiger partial charge on any atom is 0.128 e. The zero-order valence-electron chi connectivity index (χ0n) is 12.5. The van der Waals surface area contributed by atoms with Gasteiger partial charge < -0.3 is 0 Å². The molecule has 1 aliphatic rings. The van der Waals surface area contributed by atoms with E-state index in [0.29, 0.717) is 0 Å². The molecule has 3 nitrogen and oxygen atoms in total. The molecular formula is C17H17N3S2. The number of pyridine rings is 1. The molecule has 0 bridgehead atoms. The van der Waals surface area contributed by atoms with Crippen LogP contribution in [0.4, 0.5) is 0 Å². The number of thioether (sulfide) groups is 1. The summed E-state index contributed by atoms with van der Waals surface area (Å²) >= 11 is 3.66. The number of fused-ring (bicyclic) bond motifs is 3. The Morgan fingerprint density at radius 1 is 1.36 bits per heavy atom. The van der Waals surface area contributed by atoms with Crippen molar-refractivity contribution in [2.75, 3.05) is 0 Å². The van der Waals surface area contributed by atoms with Crippen LogP contribution in [0.3, 0.4) is 0 Å². The highest BCUT2D eigenvalue weighted by Crippen LogP contribution is 2.40. The van der Waals surface area contributed by atoms with Crippen molar-refractivity contribution in [3.05, 3.63) is 46.9 Å². The van der Waals surface area contributed by atoms with Gasteiger partial charge >= 0.3 is 0 Å². The molecular weight excluding hydrogens is 310 g/mol. The zero-order valence-corrected chi connectivity index (χ0v) is 14.1. The molecule has 0 aliphatic heterocycles. The first-order valence-electron chi connectivity index (χ1n) is 7.58. The molecule has 3 aromatic heterocycles. The molecule has 112 valence electrons. The fourth-order valence-corrected chi connectivity index (χ4v) is 5.37. The van der Waals surface area contributed by atoms with Gasteiger partial charge in [0.15, 0.2) is 0 Å². The van der Waals surface area contributed by atoms with Crippen molar-refractivity contribution in [1.82, 2.24) is 15.0 Å². The summed E-state index contributed by atoms with van der Waals surface area (Å²) in [4.78, 5) is 15.9. The summed E-state index contributed by atoms with van der Waals surface area (Å²) in [5, 5.41) is 2.43. The van der Waals surface area contributed by atoms with Crippen molar-refractivity contribution in [2.24, 2.45) is 5.92 Å². The maximum atomic E-state index is 4.56. The zero-order chi connectivity index (χ0) is 14.9. The molecule has 22 heavy (non-hydrogen) atoms. The molecule has 1 atom stereocenters. The van der Waals surface area contributed by atoms with E-state index in [0.717, 1.165) is 21.5 Å². The Bertz CT molecular complexity index is 798. The van der Waals surface area contributed by atoms with Crippen molar-refractivity contribution in [2.45, 2.75) is 37.0 Å². The lowest BCUT2D eigenvalue weighted by atomic mass is 9.89. The third-order valence-electron chi connectivity index (χ3n) is 4.16. The maximum absolute atomic E-state index is 4.56. The largest absolute Gasteiger partial charge is 0.264 e. The van der Waals surface area contributed by atoms with Gasteiger partial charge in [-0.05, 0) is 42.4 Å². The lowest BCUT2D eigenvalue weighted by Crippen LogP contribution is -2.08. The lowest BCUT2D eigenvalue weighted by molar-refractivity contribution is 0.509. The second-order valence-electron chi connectivity index (χ2n) is 5.86. The molecule has 1 unspecified atom stereocenters. The summed E-state index contributed by atoms with van der Waals surface area (Å²) in [5.74, 6) is 1.70. The van der Waals surface area contributed by atoms with E-state index in [1.807, 2.05) is 29.8 Å². The number of rotatable bonds is 3. The summed E-state index contributed by atoms with van der Waals surface area (Å²) in [6, 6.07) is 4.10. The second kappa shape index (κ2) is 5.97. The number of nitrogens with zero attached hydrogens (tertiary/aromatic N) is 3. The van der Waals surface area contributed by atoms with Crippen molar-refractivity contribution in [3.63, 3.8) is 0 Å². The molecule has 0 N–H and O–H groups in total. The Morgan fingerprint density at radius 3 is 3.18 bits per heavy atom. The van der Waals surface area contributed by atoms with Crippen LogP contribution < -0.4 is 0 Å². The van der Waals surface area contributed by atoms with Crippen LogP contribution in [0.5, 0.6) is 0 Å². The minimum absolute atomic E-state index is 0.792. The van der Waals surface area contributed by atoms with E-state index < -0.39 is 0 Å². The van der Waals surface area contributed by atoms with E-state index in [1.165, 1.54) is 40.7 Å². The molecule has 1 aliphatic carbocycles. The van der Waals surface area contributed by atoms with Gasteiger partial charge in [-0.25, -0.2) is 9.97 Å². The van der Waals surface area contributed by atoms with Gasteiger partial charge in [0, 0.05) is 28.4 Å².